The Kier molecular flexibility index (Phi) is 4.35. The van der Waals surface area contributed by atoms with Gasteiger partial charge in [0.1, 0.15) is 0 Å². The van der Waals surface area contributed by atoms with Crippen molar-refractivity contribution in [2.24, 2.45) is 11.1 Å². The van der Waals surface area contributed by atoms with Crippen LogP contribution in [0.2, 0.25) is 0 Å². The summed E-state index contributed by atoms with van der Waals surface area (Å²) < 4.78 is 0. The third-order valence-corrected chi connectivity index (χ3v) is 3.27. The topological polar surface area (TPSA) is 29.3 Å². The van der Waals surface area contributed by atoms with Crippen molar-refractivity contribution in [2.45, 2.75) is 46.6 Å². The summed E-state index contributed by atoms with van der Waals surface area (Å²) in [6.45, 7) is 12.4. The van der Waals surface area contributed by atoms with Crippen LogP contribution in [0.5, 0.6) is 0 Å². The van der Waals surface area contributed by atoms with Gasteiger partial charge in [0.25, 0.3) is 0 Å². The lowest BCUT2D eigenvalue weighted by molar-refractivity contribution is 0.260. The zero-order valence-electron chi connectivity index (χ0n) is 10.7. The van der Waals surface area contributed by atoms with E-state index in [1.807, 2.05) is 0 Å². The normalized spacial score (nSPS) is 21.3. The van der Waals surface area contributed by atoms with Gasteiger partial charge in [0.05, 0.1) is 0 Å². The Balaban J connectivity index is 2.44. The largest absolute Gasteiger partial charge is 0.327 e. The van der Waals surface area contributed by atoms with Crippen molar-refractivity contribution in [2.75, 3.05) is 19.6 Å². The Labute approximate surface area is 94.5 Å². The molecule has 0 spiro atoms. The van der Waals surface area contributed by atoms with Gasteiger partial charge in [0.2, 0.25) is 0 Å². The average molecular weight is 210 g/mol. The van der Waals surface area contributed by atoms with E-state index in [0.717, 1.165) is 19.5 Å². The second kappa shape index (κ2) is 5.13. The molecule has 0 saturated carbocycles. The minimum atomic E-state index is 0.342. The molecule has 88 valence electrons. The zero-order chi connectivity index (χ0) is 11.5. The van der Waals surface area contributed by atoms with Crippen LogP contribution in [0.4, 0.5) is 0 Å². The predicted molar refractivity (Wildman–Crippen MR) is 66.9 cm³/mol. The van der Waals surface area contributed by atoms with E-state index in [9.17, 15) is 0 Å². The lowest BCUT2D eigenvalue weighted by Crippen LogP contribution is -2.40. The minimum Gasteiger partial charge on any atom is -0.327 e. The highest BCUT2D eigenvalue weighted by molar-refractivity contribution is 5.14. The Morgan fingerprint density at radius 1 is 1.47 bits per heavy atom. The summed E-state index contributed by atoms with van der Waals surface area (Å²) in [6, 6.07) is 0.342. The van der Waals surface area contributed by atoms with Gasteiger partial charge in [-0.15, -0.1) is 0 Å². The average Bonchev–Trinajstić information content (AvgIpc) is 2.17. The molecule has 2 nitrogen and oxygen atoms in total. The molecule has 0 amide bonds. The van der Waals surface area contributed by atoms with Gasteiger partial charge in [-0.05, 0) is 18.3 Å². The van der Waals surface area contributed by atoms with Crippen molar-refractivity contribution in [3.8, 4) is 0 Å². The number of rotatable bonds is 3. The summed E-state index contributed by atoms with van der Waals surface area (Å²) in [6.07, 6.45) is 4.68. The first-order chi connectivity index (χ1) is 6.93. The van der Waals surface area contributed by atoms with Crippen LogP contribution in [0.1, 0.15) is 40.5 Å². The molecule has 1 atom stereocenters. The molecule has 15 heavy (non-hydrogen) atoms. The summed E-state index contributed by atoms with van der Waals surface area (Å²) >= 11 is 0. The van der Waals surface area contributed by atoms with Crippen molar-refractivity contribution in [3.63, 3.8) is 0 Å². The van der Waals surface area contributed by atoms with Gasteiger partial charge in [0, 0.05) is 25.7 Å². The van der Waals surface area contributed by atoms with E-state index in [4.69, 9.17) is 5.73 Å². The third-order valence-electron chi connectivity index (χ3n) is 3.27. The van der Waals surface area contributed by atoms with Gasteiger partial charge in [-0.2, -0.15) is 0 Å². The quantitative estimate of drug-likeness (QED) is 0.725. The molecule has 1 heterocycles. The van der Waals surface area contributed by atoms with Gasteiger partial charge in [0.15, 0.2) is 0 Å². The lowest BCUT2D eigenvalue weighted by Gasteiger charge is -2.33. The molecule has 1 aliphatic heterocycles. The Hall–Kier alpha value is -0.340. The monoisotopic (exact) mass is 210 g/mol. The van der Waals surface area contributed by atoms with Crippen molar-refractivity contribution < 1.29 is 0 Å². The summed E-state index contributed by atoms with van der Waals surface area (Å²) in [7, 11) is 0. The van der Waals surface area contributed by atoms with Crippen molar-refractivity contribution in [3.05, 3.63) is 11.6 Å². The molecular weight excluding hydrogens is 184 g/mol. The molecule has 0 fully saturated rings. The summed E-state index contributed by atoms with van der Waals surface area (Å²) in [4.78, 5) is 2.46. The lowest BCUT2D eigenvalue weighted by atomic mass is 9.83. The molecule has 0 aromatic heterocycles. The van der Waals surface area contributed by atoms with E-state index >= 15 is 0 Å². The fourth-order valence-corrected chi connectivity index (χ4v) is 2.02. The maximum Gasteiger partial charge on any atom is 0.0166 e. The molecule has 1 rings (SSSR count). The van der Waals surface area contributed by atoms with Gasteiger partial charge in [-0.1, -0.05) is 39.3 Å². The maximum atomic E-state index is 5.96. The van der Waals surface area contributed by atoms with E-state index in [-0.39, 0.29) is 0 Å². The van der Waals surface area contributed by atoms with Crippen LogP contribution in [-0.2, 0) is 0 Å². The predicted octanol–water partition coefficient (Wildman–Crippen LogP) is 2.40. The second-order valence-electron chi connectivity index (χ2n) is 5.66. The van der Waals surface area contributed by atoms with E-state index in [1.165, 1.54) is 13.0 Å². The van der Waals surface area contributed by atoms with Crippen LogP contribution < -0.4 is 5.73 Å². The van der Waals surface area contributed by atoms with Crippen LogP contribution in [0.25, 0.3) is 0 Å². The van der Waals surface area contributed by atoms with Crippen LogP contribution in [0, 0.1) is 5.41 Å². The van der Waals surface area contributed by atoms with Crippen LogP contribution >= 0.6 is 0 Å². The molecule has 1 unspecified atom stereocenters. The van der Waals surface area contributed by atoms with Crippen LogP contribution in [0.15, 0.2) is 11.6 Å². The molecule has 0 saturated heterocycles. The third kappa shape index (κ3) is 3.96. The first kappa shape index (κ1) is 12.7. The highest BCUT2D eigenvalue weighted by Crippen LogP contribution is 2.29. The minimum absolute atomic E-state index is 0.342. The first-order valence-electron chi connectivity index (χ1n) is 6.11. The van der Waals surface area contributed by atoms with E-state index in [1.54, 1.807) is 5.57 Å². The molecule has 2 N–H and O–H groups in total. The fraction of sp³-hybridized carbons (Fsp3) is 0.846. The number of hydrogen-bond acceptors (Lipinski definition) is 2. The molecular formula is C13H26N2. The van der Waals surface area contributed by atoms with Crippen molar-refractivity contribution in [1.82, 2.24) is 4.90 Å². The molecule has 0 aromatic carbocycles. The van der Waals surface area contributed by atoms with Gasteiger partial charge < -0.3 is 5.73 Å². The summed E-state index contributed by atoms with van der Waals surface area (Å²) in [5, 5.41) is 0. The summed E-state index contributed by atoms with van der Waals surface area (Å²) in [5.41, 5.74) is 7.91. The highest BCUT2D eigenvalue weighted by Gasteiger charge is 2.21. The van der Waals surface area contributed by atoms with Crippen LogP contribution in [0.3, 0.4) is 0 Å². The SMILES string of the molecule is CCC(N)CN1CC=C(C(C)(C)C)CC1. The van der Waals surface area contributed by atoms with E-state index < -0.39 is 0 Å². The molecule has 2 heteroatoms. The second-order valence-corrected chi connectivity index (χ2v) is 5.66. The van der Waals surface area contributed by atoms with Gasteiger partial charge in [-0.3, -0.25) is 4.90 Å². The fourth-order valence-electron chi connectivity index (χ4n) is 2.02. The molecule has 0 aliphatic carbocycles. The molecule has 1 aliphatic rings. The molecule has 0 aromatic rings. The Bertz CT molecular complexity index is 225. The smallest absolute Gasteiger partial charge is 0.0166 e. The molecule has 0 bridgehead atoms. The standard InChI is InChI=1S/C13H26N2/c1-5-12(14)10-15-8-6-11(7-9-15)13(2,3)4/h6,12H,5,7-10,14H2,1-4H3. The molecule has 0 radical (unpaired) electrons. The highest BCUT2D eigenvalue weighted by atomic mass is 15.1. The Morgan fingerprint density at radius 3 is 2.53 bits per heavy atom. The Morgan fingerprint density at radius 2 is 2.13 bits per heavy atom. The summed E-state index contributed by atoms with van der Waals surface area (Å²) in [5.74, 6) is 0. The van der Waals surface area contributed by atoms with Crippen molar-refractivity contribution >= 4 is 0 Å². The van der Waals surface area contributed by atoms with Crippen molar-refractivity contribution in [1.29, 1.82) is 0 Å². The van der Waals surface area contributed by atoms with Gasteiger partial charge in [-0.25, -0.2) is 0 Å². The van der Waals surface area contributed by atoms with Crippen LogP contribution in [-0.4, -0.2) is 30.6 Å². The van der Waals surface area contributed by atoms with Gasteiger partial charge >= 0.3 is 0 Å². The first-order valence-corrected chi connectivity index (χ1v) is 6.11. The van der Waals surface area contributed by atoms with E-state index in [0.29, 0.717) is 11.5 Å². The number of hydrogen-bond donors (Lipinski definition) is 1. The van der Waals surface area contributed by atoms with E-state index in [2.05, 4.69) is 38.7 Å². The number of nitrogens with two attached hydrogens (primary N) is 1. The maximum absolute atomic E-state index is 5.96. The zero-order valence-corrected chi connectivity index (χ0v) is 10.7. The number of nitrogens with zero attached hydrogens (tertiary/aromatic N) is 1.